The minimum absolute atomic E-state index is 0.171. The number of nitrogens with zero attached hydrogens (tertiary/aromatic N) is 2. The highest BCUT2D eigenvalue weighted by molar-refractivity contribution is 5.72. The minimum Gasteiger partial charge on any atom is -0.391 e. The standard InChI is InChI=1S/C14H21N3O4/c1-5-12(18)20-14(21-13(19)6-2)9-15-11-8-10(4)16-17(11)7-3/h8-9,15H,5-7H2,1-4H3. The Labute approximate surface area is 123 Å². The predicted molar refractivity (Wildman–Crippen MR) is 77.1 cm³/mol. The lowest BCUT2D eigenvalue weighted by Gasteiger charge is -2.09. The summed E-state index contributed by atoms with van der Waals surface area (Å²) in [6, 6.07) is 1.83. The van der Waals surface area contributed by atoms with Gasteiger partial charge in [-0.3, -0.25) is 9.59 Å². The van der Waals surface area contributed by atoms with Gasteiger partial charge in [0.15, 0.2) is 0 Å². The molecule has 7 heteroatoms. The van der Waals surface area contributed by atoms with Gasteiger partial charge >= 0.3 is 17.9 Å². The number of carbonyl (C=O) groups is 2. The number of anilines is 1. The molecule has 1 aromatic heterocycles. The van der Waals surface area contributed by atoms with Crippen LogP contribution in [0.4, 0.5) is 5.82 Å². The molecule has 7 nitrogen and oxygen atoms in total. The molecule has 0 atom stereocenters. The highest BCUT2D eigenvalue weighted by atomic mass is 16.7. The summed E-state index contributed by atoms with van der Waals surface area (Å²) in [6.45, 7) is 7.82. The van der Waals surface area contributed by atoms with Crippen molar-refractivity contribution in [2.45, 2.75) is 47.1 Å². The second-order valence-corrected chi connectivity index (χ2v) is 4.25. The molecule has 1 heterocycles. The van der Waals surface area contributed by atoms with E-state index in [1.807, 2.05) is 19.9 Å². The van der Waals surface area contributed by atoms with Crippen LogP contribution >= 0.6 is 0 Å². The molecule has 1 aromatic rings. The van der Waals surface area contributed by atoms with E-state index >= 15 is 0 Å². The molecule has 1 rings (SSSR count). The molecule has 0 saturated carbocycles. The van der Waals surface area contributed by atoms with Crippen LogP contribution in [0.1, 0.15) is 39.3 Å². The summed E-state index contributed by atoms with van der Waals surface area (Å²) >= 11 is 0. The Kier molecular flexibility index (Phi) is 6.45. The van der Waals surface area contributed by atoms with E-state index in [4.69, 9.17) is 9.47 Å². The summed E-state index contributed by atoms with van der Waals surface area (Å²) in [5.74, 6) is -0.415. The van der Waals surface area contributed by atoms with Gasteiger partial charge in [-0.1, -0.05) is 13.8 Å². The van der Waals surface area contributed by atoms with Gasteiger partial charge in [-0.15, -0.1) is 0 Å². The summed E-state index contributed by atoms with van der Waals surface area (Å²) in [6.07, 6.45) is 1.71. The molecule has 21 heavy (non-hydrogen) atoms. The Hall–Kier alpha value is -2.31. The molecule has 0 fully saturated rings. The average Bonchev–Trinajstić information content (AvgIpc) is 2.84. The first kappa shape index (κ1) is 16.7. The fraction of sp³-hybridized carbons (Fsp3) is 0.500. The summed E-state index contributed by atoms with van der Waals surface area (Å²) in [7, 11) is 0. The molecule has 0 aliphatic carbocycles. The van der Waals surface area contributed by atoms with Gasteiger partial charge in [0.2, 0.25) is 0 Å². The van der Waals surface area contributed by atoms with E-state index in [9.17, 15) is 9.59 Å². The Morgan fingerprint density at radius 2 is 1.81 bits per heavy atom. The molecule has 0 bridgehead atoms. The van der Waals surface area contributed by atoms with Crippen LogP contribution in [0.2, 0.25) is 0 Å². The lowest BCUT2D eigenvalue weighted by Crippen LogP contribution is -2.12. The van der Waals surface area contributed by atoms with Crippen molar-refractivity contribution in [3.8, 4) is 0 Å². The molecule has 116 valence electrons. The Balaban J connectivity index is 2.85. The van der Waals surface area contributed by atoms with E-state index in [0.717, 1.165) is 5.69 Å². The number of hydrogen-bond donors (Lipinski definition) is 1. The highest BCUT2D eigenvalue weighted by Gasteiger charge is 2.11. The molecule has 1 N–H and O–H groups in total. The Morgan fingerprint density at radius 1 is 1.24 bits per heavy atom. The van der Waals surface area contributed by atoms with Crippen molar-refractivity contribution in [3.63, 3.8) is 0 Å². The van der Waals surface area contributed by atoms with E-state index in [1.54, 1.807) is 18.5 Å². The maximum Gasteiger partial charge on any atom is 0.313 e. The number of nitrogens with one attached hydrogen (secondary N) is 1. The van der Waals surface area contributed by atoms with Crippen LogP contribution in [-0.4, -0.2) is 21.7 Å². The van der Waals surface area contributed by atoms with Gasteiger partial charge in [-0.25, -0.2) is 4.68 Å². The van der Waals surface area contributed by atoms with Gasteiger partial charge in [-0.2, -0.15) is 5.10 Å². The van der Waals surface area contributed by atoms with Crippen molar-refractivity contribution < 1.29 is 19.1 Å². The van der Waals surface area contributed by atoms with Crippen LogP contribution in [0, 0.1) is 6.92 Å². The molecule has 0 aliphatic rings. The zero-order valence-electron chi connectivity index (χ0n) is 12.8. The largest absolute Gasteiger partial charge is 0.391 e. The van der Waals surface area contributed by atoms with Crippen LogP contribution < -0.4 is 5.32 Å². The molecule has 0 spiro atoms. The van der Waals surface area contributed by atoms with Gasteiger partial charge in [0, 0.05) is 25.5 Å². The van der Waals surface area contributed by atoms with E-state index in [1.165, 1.54) is 6.20 Å². The lowest BCUT2D eigenvalue weighted by molar-refractivity contribution is -0.153. The SMILES string of the molecule is CCC(=O)OC(=CNc1cc(C)nn1CC)OC(=O)CC. The van der Waals surface area contributed by atoms with Crippen LogP contribution in [0.5, 0.6) is 0 Å². The van der Waals surface area contributed by atoms with E-state index in [-0.39, 0.29) is 18.8 Å². The van der Waals surface area contributed by atoms with Crippen molar-refractivity contribution in [2.75, 3.05) is 5.32 Å². The van der Waals surface area contributed by atoms with Crippen molar-refractivity contribution in [1.29, 1.82) is 0 Å². The molecule has 0 aliphatic heterocycles. The summed E-state index contributed by atoms with van der Waals surface area (Å²) in [4.78, 5) is 22.7. The fourth-order valence-electron chi connectivity index (χ4n) is 1.48. The number of aromatic nitrogens is 2. The molecule has 0 amide bonds. The maximum absolute atomic E-state index is 11.3. The topological polar surface area (TPSA) is 82.4 Å². The molecular formula is C14H21N3O4. The monoisotopic (exact) mass is 295 g/mol. The van der Waals surface area contributed by atoms with Crippen LogP contribution in [0.3, 0.4) is 0 Å². The van der Waals surface area contributed by atoms with Crippen molar-refractivity contribution in [3.05, 3.63) is 23.9 Å². The molecule has 0 saturated heterocycles. The second kappa shape index (κ2) is 8.08. The summed E-state index contributed by atoms with van der Waals surface area (Å²) in [5.41, 5.74) is 0.852. The first-order valence-corrected chi connectivity index (χ1v) is 6.92. The second-order valence-electron chi connectivity index (χ2n) is 4.25. The van der Waals surface area contributed by atoms with Crippen LogP contribution in [0.15, 0.2) is 18.2 Å². The number of rotatable bonds is 7. The Bertz CT molecular complexity index is 514. The van der Waals surface area contributed by atoms with Gasteiger partial charge in [0.1, 0.15) is 5.82 Å². The number of hydrogen-bond acceptors (Lipinski definition) is 6. The molecular weight excluding hydrogens is 274 g/mol. The van der Waals surface area contributed by atoms with Crippen molar-refractivity contribution in [2.24, 2.45) is 0 Å². The Morgan fingerprint density at radius 3 is 2.29 bits per heavy atom. The minimum atomic E-state index is -0.480. The molecule has 0 radical (unpaired) electrons. The molecule has 0 aromatic carbocycles. The zero-order chi connectivity index (χ0) is 15.8. The molecule has 0 unspecified atom stereocenters. The highest BCUT2D eigenvalue weighted by Crippen LogP contribution is 2.12. The van der Waals surface area contributed by atoms with E-state index in [2.05, 4.69) is 10.4 Å². The first-order valence-electron chi connectivity index (χ1n) is 6.92. The van der Waals surface area contributed by atoms with Gasteiger partial charge in [0.05, 0.1) is 11.9 Å². The van der Waals surface area contributed by atoms with Crippen molar-refractivity contribution >= 4 is 17.8 Å². The summed E-state index contributed by atoms with van der Waals surface area (Å²) < 4.78 is 11.7. The smallest absolute Gasteiger partial charge is 0.313 e. The number of carbonyl (C=O) groups excluding carboxylic acids is 2. The van der Waals surface area contributed by atoms with Crippen LogP contribution in [-0.2, 0) is 25.6 Å². The fourth-order valence-corrected chi connectivity index (χ4v) is 1.48. The number of aryl methyl sites for hydroxylation is 2. The quantitative estimate of drug-likeness (QED) is 0.614. The predicted octanol–water partition coefficient (Wildman–Crippen LogP) is 2.33. The normalized spacial score (nSPS) is 9.90. The zero-order valence-corrected chi connectivity index (χ0v) is 12.8. The third kappa shape index (κ3) is 5.29. The maximum atomic E-state index is 11.3. The third-order valence-corrected chi connectivity index (χ3v) is 2.55. The van der Waals surface area contributed by atoms with Crippen LogP contribution in [0.25, 0.3) is 0 Å². The van der Waals surface area contributed by atoms with Crippen molar-refractivity contribution in [1.82, 2.24) is 9.78 Å². The van der Waals surface area contributed by atoms with E-state index < -0.39 is 11.9 Å². The number of esters is 2. The number of ether oxygens (including phenoxy) is 2. The third-order valence-electron chi connectivity index (χ3n) is 2.55. The first-order chi connectivity index (χ1) is 9.99. The lowest BCUT2D eigenvalue weighted by atomic mass is 10.5. The average molecular weight is 295 g/mol. The van der Waals surface area contributed by atoms with Gasteiger partial charge in [0.25, 0.3) is 0 Å². The van der Waals surface area contributed by atoms with Gasteiger partial charge in [-0.05, 0) is 13.8 Å². The summed E-state index contributed by atoms with van der Waals surface area (Å²) in [5, 5.41) is 7.20. The van der Waals surface area contributed by atoms with Gasteiger partial charge < -0.3 is 14.8 Å². The van der Waals surface area contributed by atoms with E-state index in [0.29, 0.717) is 12.4 Å².